The normalized spacial score (nSPS) is 15.7. The zero-order valence-electron chi connectivity index (χ0n) is 15.4. The number of nitrogens with zero attached hydrogens (tertiary/aromatic N) is 1. The molecule has 0 heterocycles. The van der Waals surface area contributed by atoms with E-state index in [1.807, 2.05) is 13.0 Å². The Morgan fingerprint density at radius 1 is 1.07 bits per heavy atom. The van der Waals surface area contributed by atoms with Crippen LogP contribution in [0.25, 0.3) is 0 Å². The lowest BCUT2D eigenvalue weighted by Crippen LogP contribution is -2.21. The monoisotopic (exact) mass is 386 g/mol. The molecule has 0 fully saturated rings. The lowest BCUT2D eigenvalue weighted by molar-refractivity contribution is 0.0600. The van der Waals surface area contributed by atoms with Gasteiger partial charge in [0.25, 0.3) is 10.0 Å². The summed E-state index contributed by atoms with van der Waals surface area (Å²) in [7, 11) is -2.38. The van der Waals surface area contributed by atoms with Gasteiger partial charge in [-0.3, -0.25) is 0 Å². The van der Waals surface area contributed by atoms with Crippen molar-refractivity contribution < 1.29 is 17.9 Å². The van der Waals surface area contributed by atoms with E-state index in [0.717, 1.165) is 36.0 Å². The van der Waals surface area contributed by atoms with Crippen molar-refractivity contribution >= 4 is 21.7 Å². The first-order chi connectivity index (χ1) is 12.9. The van der Waals surface area contributed by atoms with Gasteiger partial charge in [-0.05, 0) is 62.4 Å². The van der Waals surface area contributed by atoms with Crippen LogP contribution in [-0.2, 0) is 21.2 Å². The molecule has 142 valence electrons. The van der Waals surface area contributed by atoms with Gasteiger partial charge in [-0.15, -0.1) is 0 Å². The molecule has 1 aliphatic carbocycles. The van der Waals surface area contributed by atoms with Crippen molar-refractivity contribution in [2.75, 3.05) is 7.11 Å². The number of hydrogen-bond donors (Lipinski definition) is 1. The standard InChI is InChI=1S/C20H22N2O4S/c1-14-7-10-17(11-8-14)27(24,25)22-21-19-6-4-3-5-15-13-16(20(23)26-2)9-12-18(15)19/h7-13,22H,3-6H2,1-2H3/b21-19+. The number of ether oxygens (including phenoxy) is 1. The smallest absolute Gasteiger partial charge is 0.337 e. The summed E-state index contributed by atoms with van der Waals surface area (Å²) < 4.78 is 29.7. The van der Waals surface area contributed by atoms with Crippen LogP contribution in [0.15, 0.2) is 52.5 Å². The van der Waals surface area contributed by atoms with E-state index in [4.69, 9.17) is 4.74 Å². The molecule has 6 nitrogen and oxygen atoms in total. The van der Waals surface area contributed by atoms with Crippen LogP contribution in [0.5, 0.6) is 0 Å². The summed E-state index contributed by atoms with van der Waals surface area (Å²) >= 11 is 0. The number of carbonyl (C=O) groups excluding carboxylic acids is 1. The lowest BCUT2D eigenvalue weighted by Gasteiger charge is -2.11. The summed E-state index contributed by atoms with van der Waals surface area (Å²) in [6.45, 7) is 1.90. The van der Waals surface area contributed by atoms with Gasteiger partial charge in [-0.1, -0.05) is 23.8 Å². The summed E-state index contributed by atoms with van der Waals surface area (Å²) in [5, 5.41) is 4.21. The van der Waals surface area contributed by atoms with E-state index >= 15 is 0 Å². The molecule has 0 aromatic heterocycles. The number of carbonyl (C=O) groups is 1. The van der Waals surface area contributed by atoms with E-state index in [2.05, 4.69) is 9.93 Å². The summed E-state index contributed by atoms with van der Waals surface area (Å²) in [5.74, 6) is -0.388. The predicted octanol–water partition coefficient (Wildman–Crippen LogP) is 3.19. The maximum absolute atomic E-state index is 12.5. The summed E-state index contributed by atoms with van der Waals surface area (Å²) in [5.41, 5.74) is 3.99. The molecule has 3 rings (SSSR count). The number of methoxy groups -OCH3 is 1. The number of hydrogen-bond acceptors (Lipinski definition) is 5. The second-order valence-corrected chi connectivity index (χ2v) is 8.20. The number of hydrazone groups is 1. The van der Waals surface area contributed by atoms with Gasteiger partial charge >= 0.3 is 5.97 Å². The average Bonchev–Trinajstić information content (AvgIpc) is 2.87. The number of rotatable bonds is 4. The summed E-state index contributed by atoms with van der Waals surface area (Å²) in [6.07, 6.45) is 3.32. The Kier molecular flexibility index (Phi) is 5.60. The van der Waals surface area contributed by atoms with Gasteiger partial charge in [0.2, 0.25) is 0 Å². The number of nitrogens with one attached hydrogen (secondary N) is 1. The molecular formula is C20H22N2O4S. The minimum absolute atomic E-state index is 0.173. The van der Waals surface area contributed by atoms with Crippen molar-refractivity contribution in [1.82, 2.24) is 4.83 Å². The highest BCUT2D eigenvalue weighted by Gasteiger charge is 2.18. The maximum Gasteiger partial charge on any atom is 0.337 e. The van der Waals surface area contributed by atoms with E-state index in [1.54, 1.807) is 36.4 Å². The molecule has 2 aromatic carbocycles. The van der Waals surface area contributed by atoms with Gasteiger partial charge < -0.3 is 4.74 Å². The molecule has 2 aromatic rings. The molecule has 0 saturated carbocycles. The molecule has 1 aliphatic rings. The number of esters is 1. The molecule has 27 heavy (non-hydrogen) atoms. The Bertz CT molecular complexity index is 980. The summed E-state index contributed by atoms with van der Waals surface area (Å²) in [6, 6.07) is 11.9. The highest BCUT2D eigenvalue weighted by Crippen LogP contribution is 2.23. The molecule has 0 saturated heterocycles. The Balaban J connectivity index is 1.90. The second-order valence-electron chi connectivity index (χ2n) is 6.54. The van der Waals surface area contributed by atoms with E-state index in [-0.39, 0.29) is 10.9 Å². The minimum atomic E-state index is -3.73. The number of fused-ring (bicyclic) bond motifs is 1. The van der Waals surface area contributed by atoms with Crippen LogP contribution in [0.3, 0.4) is 0 Å². The first-order valence-electron chi connectivity index (χ1n) is 8.77. The van der Waals surface area contributed by atoms with Crippen LogP contribution in [0.4, 0.5) is 0 Å². The van der Waals surface area contributed by atoms with Crippen molar-refractivity contribution in [3.63, 3.8) is 0 Å². The third-order valence-electron chi connectivity index (χ3n) is 4.58. The van der Waals surface area contributed by atoms with Crippen molar-refractivity contribution in [2.45, 2.75) is 37.5 Å². The average molecular weight is 386 g/mol. The fourth-order valence-electron chi connectivity index (χ4n) is 3.07. The van der Waals surface area contributed by atoms with Gasteiger partial charge in [0.05, 0.1) is 23.3 Å². The fourth-order valence-corrected chi connectivity index (χ4v) is 3.90. The van der Waals surface area contributed by atoms with E-state index in [0.29, 0.717) is 17.7 Å². The Hall–Kier alpha value is -2.67. The quantitative estimate of drug-likeness (QED) is 0.497. The van der Waals surface area contributed by atoms with Gasteiger partial charge in [-0.25, -0.2) is 4.79 Å². The lowest BCUT2D eigenvalue weighted by atomic mass is 9.99. The van der Waals surface area contributed by atoms with Gasteiger partial charge in [0, 0.05) is 5.56 Å². The van der Waals surface area contributed by atoms with Crippen LogP contribution >= 0.6 is 0 Å². The molecule has 7 heteroatoms. The highest BCUT2D eigenvalue weighted by atomic mass is 32.2. The number of aryl methyl sites for hydroxylation is 2. The van der Waals surface area contributed by atoms with Crippen LogP contribution in [0, 0.1) is 6.92 Å². The SMILES string of the molecule is COC(=O)c1ccc2c(c1)CCCC/C2=N\NS(=O)(=O)c1ccc(C)cc1. The second kappa shape index (κ2) is 7.92. The topological polar surface area (TPSA) is 84.8 Å². The third kappa shape index (κ3) is 4.36. The van der Waals surface area contributed by atoms with Crippen LogP contribution < -0.4 is 4.83 Å². The molecule has 0 radical (unpaired) electrons. The zero-order chi connectivity index (χ0) is 19.4. The van der Waals surface area contributed by atoms with Gasteiger partial charge in [0.1, 0.15) is 0 Å². The maximum atomic E-state index is 12.5. The number of sulfonamides is 1. The van der Waals surface area contributed by atoms with Gasteiger partial charge in [0.15, 0.2) is 0 Å². The van der Waals surface area contributed by atoms with Crippen LogP contribution in [-0.4, -0.2) is 27.2 Å². The Morgan fingerprint density at radius 3 is 2.48 bits per heavy atom. The van der Waals surface area contributed by atoms with Crippen molar-refractivity contribution in [3.05, 3.63) is 64.7 Å². The molecule has 0 unspecified atom stereocenters. The first kappa shape index (κ1) is 19.1. The molecule has 0 amide bonds. The van der Waals surface area contributed by atoms with Crippen molar-refractivity contribution in [3.8, 4) is 0 Å². The molecular weight excluding hydrogens is 364 g/mol. The minimum Gasteiger partial charge on any atom is -0.465 e. The molecule has 0 spiro atoms. The largest absolute Gasteiger partial charge is 0.465 e. The molecule has 1 N–H and O–H groups in total. The predicted molar refractivity (Wildman–Crippen MR) is 103 cm³/mol. The van der Waals surface area contributed by atoms with Crippen molar-refractivity contribution in [1.29, 1.82) is 0 Å². The van der Waals surface area contributed by atoms with Crippen molar-refractivity contribution in [2.24, 2.45) is 5.10 Å². The van der Waals surface area contributed by atoms with Crippen LogP contribution in [0.2, 0.25) is 0 Å². The number of benzene rings is 2. The van der Waals surface area contributed by atoms with Crippen LogP contribution in [0.1, 0.15) is 46.3 Å². The van der Waals surface area contributed by atoms with Gasteiger partial charge in [-0.2, -0.15) is 18.4 Å². The molecule has 0 aliphatic heterocycles. The molecule has 0 bridgehead atoms. The third-order valence-corrected chi connectivity index (χ3v) is 5.80. The first-order valence-corrected chi connectivity index (χ1v) is 10.3. The van der Waals surface area contributed by atoms with E-state index in [1.165, 1.54) is 7.11 Å². The van der Waals surface area contributed by atoms with E-state index in [9.17, 15) is 13.2 Å². The fraction of sp³-hybridized carbons (Fsp3) is 0.300. The highest BCUT2D eigenvalue weighted by molar-refractivity contribution is 7.89. The Morgan fingerprint density at radius 2 is 1.78 bits per heavy atom. The zero-order valence-corrected chi connectivity index (χ0v) is 16.2. The van der Waals surface area contributed by atoms with E-state index < -0.39 is 10.0 Å². The Labute approximate surface area is 159 Å². The summed E-state index contributed by atoms with van der Waals surface area (Å²) in [4.78, 5) is 14.3. The molecule has 0 atom stereocenters.